The van der Waals surface area contributed by atoms with Crippen molar-refractivity contribution in [1.82, 2.24) is 9.62 Å². The molecule has 6 heteroatoms. The van der Waals surface area contributed by atoms with E-state index >= 15 is 0 Å². The van der Waals surface area contributed by atoms with Gasteiger partial charge < -0.3 is 4.90 Å². The Kier molecular flexibility index (Phi) is 6.75. The molecule has 0 spiro atoms. The van der Waals surface area contributed by atoms with Crippen LogP contribution in [0.1, 0.15) is 46.3 Å². The zero-order valence-electron chi connectivity index (χ0n) is 17.4. The highest BCUT2D eigenvalue weighted by Gasteiger charge is 2.26. The molecule has 156 valence electrons. The number of hydrogen-bond acceptors (Lipinski definition) is 3. The van der Waals surface area contributed by atoms with Crippen molar-refractivity contribution in [3.8, 4) is 0 Å². The maximum atomic E-state index is 13.0. The van der Waals surface area contributed by atoms with Crippen LogP contribution in [0.2, 0.25) is 0 Å². The van der Waals surface area contributed by atoms with E-state index in [9.17, 15) is 13.2 Å². The fourth-order valence-corrected chi connectivity index (χ4v) is 5.03. The Hall–Kier alpha value is -2.18. The van der Waals surface area contributed by atoms with Crippen LogP contribution < -0.4 is 4.72 Å². The normalized spacial score (nSPS) is 15.5. The molecule has 1 saturated heterocycles. The lowest BCUT2D eigenvalue weighted by atomic mass is 9.90. The lowest BCUT2D eigenvalue weighted by molar-refractivity contribution is 0.0686. The Balaban J connectivity index is 1.65. The molecule has 1 N–H and O–H groups in total. The number of piperidine rings is 1. The monoisotopic (exact) mass is 414 g/mol. The summed E-state index contributed by atoms with van der Waals surface area (Å²) in [6, 6.07) is 13.8. The van der Waals surface area contributed by atoms with Gasteiger partial charge in [-0.15, -0.1) is 0 Å². The van der Waals surface area contributed by atoms with E-state index in [1.54, 1.807) is 13.0 Å². The van der Waals surface area contributed by atoms with Crippen LogP contribution in [0.5, 0.6) is 0 Å². The number of likely N-dealkylation sites (tertiary alicyclic amines) is 1. The molecule has 3 rings (SSSR count). The summed E-state index contributed by atoms with van der Waals surface area (Å²) in [4.78, 5) is 15.1. The molecule has 2 aromatic rings. The summed E-state index contributed by atoms with van der Waals surface area (Å²) in [5.74, 6) is 0.543. The fourth-order valence-electron chi connectivity index (χ4n) is 3.96. The Morgan fingerprint density at radius 1 is 1.10 bits per heavy atom. The molecule has 0 aliphatic carbocycles. The van der Waals surface area contributed by atoms with Crippen LogP contribution in [0.25, 0.3) is 0 Å². The van der Waals surface area contributed by atoms with Crippen LogP contribution in [0.3, 0.4) is 0 Å². The zero-order chi connectivity index (χ0) is 21.0. The molecule has 0 atom stereocenters. The number of hydrogen-bond donors (Lipinski definition) is 1. The number of benzene rings is 2. The smallest absolute Gasteiger partial charge is 0.253 e. The van der Waals surface area contributed by atoms with Gasteiger partial charge in [-0.05, 0) is 81.3 Å². The second-order valence-electron chi connectivity index (χ2n) is 7.88. The molecule has 0 radical (unpaired) electrons. The van der Waals surface area contributed by atoms with E-state index in [0.717, 1.165) is 44.3 Å². The Morgan fingerprint density at radius 3 is 2.38 bits per heavy atom. The van der Waals surface area contributed by atoms with Gasteiger partial charge in [-0.3, -0.25) is 4.79 Å². The van der Waals surface area contributed by atoms with Crippen LogP contribution in [-0.2, 0) is 16.4 Å². The SMILES string of the molecule is CNS(=O)(=O)c1cc(C(=O)N2CCC(CCc3ccccc3)CC2)cc(C)c1C. The molecule has 1 heterocycles. The zero-order valence-corrected chi connectivity index (χ0v) is 18.3. The van der Waals surface area contributed by atoms with E-state index in [4.69, 9.17) is 0 Å². The van der Waals surface area contributed by atoms with Crippen molar-refractivity contribution in [1.29, 1.82) is 0 Å². The van der Waals surface area contributed by atoms with Gasteiger partial charge in [0.25, 0.3) is 5.91 Å². The molecule has 0 saturated carbocycles. The van der Waals surface area contributed by atoms with E-state index in [1.165, 1.54) is 18.7 Å². The summed E-state index contributed by atoms with van der Waals surface area (Å²) in [6.07, 6.45) is 4.19. The van der Waals surface area contributed by atoms with Gasteiger partial charge in [0.15, 0.2) is 0 Å². The summed E-state index contributed by atoms with van der Waals surface area (Å²) < 4.78 is 27.0. The molecule has 0 bridgehead atoms. The van der Waals surface area contributed by atoms with E-state index in [2.05, 4.69) is 29.0 Å². The number of sulfonamides is 1. The summed E-state index contributed by atoms with van der Waals surface area (Å²) in [5, 5.41) is 0. The standard InChI is InChI=1S/C23H30N2O3S/c1-17-15-21(16-22(18(17)2)29(27,28)24-3)23(26)25-13-11-20(12-14-25)10-9-19-7-5-4-6-8-19/h4-8,15-16,20,24H,9-14H2,1-3H3. The van der Waals surface area contributed by atoms with Crippen LogP contribution in [0, 0.1) is 19.8 Å². The van der Waals surface area contributed by atoms with Crippen LogP contribution >= 0.6 is 0 Å². The second kappa shape index (κ2) is 9.09. The molecule has 0 unspecified atom stereocenters. The van der Waals surface area contributed by atoms with Gasteiger partial charge in [-0.25, -0.2) is 13.1 Å². The van der Waals surface area contributed by atoms with Crippen molar-refractivity contribution in [2.24, 2.45) is 5.92 Å². The average molecular weight is 415 g/mol. The highest BCUT2D eigenvalue weighted by Crippen LogP contribution is 2.26. The molecule has 1 amide bonds. The van der Waals surface area contributed by atoms with Crippen LogP contribution in [-0.4, -0.2) is 39.4 Å². The minimum absolute atomic E-state index is 0.0813. The molecule has 0 aromatic heterocycles. The Bertz CT molecular complexity index is 963. The largest absolute Gasteiger partial charge is 0.339 e. The van der Waals surface area contributed by atoms with Crippen molar-refractivity contribution in [3.05, 3.63) is 64.7 Å². The number of amides is 1. The second-order valence-corrected chi connectivity index (χ2v) is 9.74. The number of carbonyl (C=O) groups excluding carboxylic acids is 1. The quantitative estimate of drug-likeness (QED) is 0.784. The molecular formula is C23H30N2O3S. The lowest BCUT2D eigenvalue weighted by Crippen LogP contribution is -2.38. The van der Waals surface area contributed by atoms with Gasteiger partial charge >= 0.3 is 0 Å². The van der Waals surface area contributed by atoms with Gasteiger partial charge in [0.1, 0.15) is 0 Å². The topological polar surface area (TPSA) is 66.5 Å². The molecule has 1 aliphatic heterocycles. The molecule has 5 nitrogen and oxygen atoms in total. The maximum absolute atomic E-state index is 13.0. The van der Waals surface area contributed by atoms with Crippen LogP contribution in [0.15, 0.2) is 47.4 Å². The van der Waals surface area contributed by atoms with E-state index in [1.807, 2.05) is 17.9 Å². The summed E-state index contributed by atoms with van der Waals surface area (Å²) in [5.41, 5.74) is 3.29. The van der Waals surface area contributed by atoms with Crippen LogP contribution in [0.4, 0.5) is 0 Å². The first-order valence-electron chi connectivity index (χ1n) is 10.2. The summed E-state index contributed by atoms with van der Waals surface area (Å²) in [7, 11) is -2.21. The van der Waals surface area contributed by atoms with E-state index in [0.29, 0.717) is 17.0 Å². The molecule has 1 aliphatic rings. The number of aryl methyl sites for hydroxylation is 2. The third-order valence-electron chi connectivity index (χ3n) is 6.01. The minimum Gasteiger partial charge on any atom is -0.339 e. The van der Waals surface area contributed by atoms with Crippen molar-refractivity contribution < 1.29 is 13.2 Å². The Labute approximate surface area is 174 Å². The van der Waals surface area contributed by atoms with Crippen molar-refractivity contribution in [3.63, 3.8) is 0 Å². The van der Waals surface area contributed by atoms with Crippen molar-refractivity contribution in [2.75, 3.05) is 20.1 Å². The highest BCUT2D eigenvalue weighted by atomic mass is 32.2. The Morgan fingerprint density at radius 2 is 1.76 bits per heavy atom. The van der Waals surface area contributed by atoms with Gasteiger partial charge in [0.2, 0.25) is 10.0 Å². The first-order valence-corrected chi connectivity index (χ1v) is 11.7. The highest BCUT2D eigenvalue weighted by molar-refractivity contribution is 7.89. The predicted octanol–water partition coefficient (Wildman–Crippen LogP) is 3.70. The number of rotatable bonds is 6. The summed E-state index contributed by atoms with van der Waals surface area (Å²) in [6.45, 7) is 5.06. The van der Waals surface area contributed by atoms with Gasteiger partial charge in [-0.2, -0.15) is 0 Å². The number of nitrogens with zero attached hydrogens (tertiary/aromatic N) is 1. The molecule has 1 fully saturated rings. The van der Waals surface area contributed by atoms with E-state index < -0.39 is 10.0 Å². The molecular weight excluding hydrogens is 384 g/mol. The lowest BCUT2D eigenvalue weighted by Gasteiger charge is -2.32. The van der Waals surface area contributed by atoms with Gasteiger partial charge in [0.05, 0.1) is 4.90 Å². The molecule has 2 aromatic carbocycles. The fraction of sp³-hybridized carbons (Fsp3) is 0.435. The van der Waals surface area contributed by atoms with E-state index in [-0.39, 0.29) is 10.8 Å². The maximum Gasteiger partial charge on any atom is 0.253 e. The third kappa shape index (κ3) is 5.06. The third-order valence-corrected chi connectivity index (χ3v) is 7.55. The predicted molar refractivity (Wildman–Crippen MR) is 116 cm³/mol. The first-order chi connectivity index (χ1) is 13.8. The minimum atomic E-state index is -3.60. The molecule has 29 heavy (non-hydrogen) atoms. The summed E-state index contributed by atoms with van der Waals surface area (Å²) >= 11 is 0. The van der Waals surface area contributed by atoms with Gasteiger partial charge in [-0.1, -0.05) is 30.3 Å². The van der Waals surface area contributed by atoms with Gasteiger partial charge in [0, 0.05) is 18.7 Å². The van der Waals surface area contributed by atoms with Crippen molar-refractivity contribution in [2.45, 2.75) is 44.4 Å². The number of nitrogens with one attached hydrogen (secondary N) is 1. The van der Waals surface area contributed by atoms with Crippen molar-refractivity contribution >= 4 is 15.9 Å². The first kappa shape index (κ1) is 21.5. The number of carbonyl (C=O) groups is 1. The average Bonchev–Trinajstić information content (AvgIpc) is 2.74.